The molecule has 1 saturated heterocycles. The summed E-state index contributed by atoms with van der Waals surface area (Å²) in [5, 5.41) is 18.9. The Hall–Kier alpha value is -2.80. The van der Waals surface area contributed by atoms with Gasteiger partial charge in [0, 0.05) is 5.92 Å². The fourth-order valence-electron chi connectivity index (χ4n) is 4.53. The Bertz CT molecular complexity index is 1120. The molecule has 0 saturated carbocycles. The van der Waals surface area contributed by atoms with E-state index in [-0.39, 0.29) is 30.8 Å². The van der Waals surface area contributed by atoms with E-state index < -0.39 is 74.2 Å². The van der Waals surface area contributed by atoms with Crippen molar-refractivity contribution in [3.63, 3.8) is 0 Å². The molecule has 12 heteroatoms. The zero-order valence-corrected chi connectivity index (χ0v) is 28.9. The first-order chi connectivity index (χ1) is 20.4. The van der Waals surface area contributed by atoms with E-state index in [0.29, 0.717) is 0 Å². The number of aliphatic hydroxyl groups excluding tert-OH is 1. The van der Waals surface area contributed by atoms with Crippen molar-refractivity contribution in [1.29, 1.82) is 0 Å². The molecule has 3 amide bonds. The molecule has 4 N–H and O–H groups in total. The lowest BCUT2D eigenvalue weighted by molar-refractivity contribution is -0.153. The quantitative estimate of drug-likeness (QED) is 0.251. The molecule has 11 nitrogen and oxygen atoms in total. The molecule has 248 valence electrons. The lowest BCUT2D eigenvalue weighted by Gasteiger charge is -2.40. The van der Waals surface area contributed by atoms with Gasteiger partial charge in [0.1, 0.15) is 12.1 Å². The van der Waals surface area contributed by atoms with Crippen LogP contribution in [0.1, 0.15) is 61.0 Å². The highest BCUT2D eigenvalue weighted by Crippen LogP contribution is 2.37. The van der Waals surface area contributed by atoms with Crippen molar-refractivity contribution >= 4 is 32.0 Å². The molecule has 1 heterocycles. The fourth-order valence-corrected chi connectivity index (χ4v) is 5.95. The first-order valence-electron chi connectivity index (χ1n) is 15.4. The highest BCUT2D eigenvalue weighted by molar-refractivity contribution is 6.74. The summed E-state index contributed by atoms with van der Waals surface area (Å²) in [4.78, 5) is 54.0. The van der Waals surface area contributed by atoms with Crippen LogP contribution < -0.4 is 16.0 Å². The van der Waals surface area contributed by atoms with Crippen molar-refractivity contribution < 1.29 is 38.2 Å². The van der Waals surface area contributed by atoms with Crippen LogP contribution in [0.15, 0.2) is 30.3 Å². The van der Waals surface area contributed by atoms with E-state index in [2.05, 4.69) is 36.7 Å². The molecule has 2 rings (SSSR count). The maximum Gasteiger partial charge on any atom is 0.331 e. The Balaban J connectivity index is 2.47. The molecular formula is C32H53N3O8Si. The SMILES string of the molecule is CC(C)[C@@H]1NC(=O)[C@H](C)[C@H](O)[C@@H](C)COC(=O)[C@H](COCc2ccccc2)NC(=O)[C@H]([C@@H](C)O[Si](C)(C)C(C)(C)C)NC1=O. The van der Waals surface area contributed by atoms with Crippen LogP contribution in [-0.2, 0) is 39.7 Å². The maximum atomic E-state index is 13.9. The first kappa shape index (κ1) is 37.4. The molecule has 0 unspecified atom stereocenters. The summed E-state index contributed by atoms with van der Waals surface area (Å²) in [7, 11) is -2.40. The van der Waals surface area contributed by atoms with Crippen LogP contribution in [-0.4, -0.2) is 80.7 Å². The van der Waals surface area contributed by atoms with Crippen LogP contribution in [0.4, 0.5) is 0 Å². The Morgan fingerprint density at radius 3 is 2.07 bits per heavy atom. The minimum absolute atomic E-state index is 0.179. The van der Waals surface area contributed by atoms with E-state index in [4.69, 9.17) is 13.9 Å². The van der Waals surface area contributed by atoms with Gasteiger partial charge in [-0.3, -0.25) is 14.4 Å². The third-order valence-electron chi connectivity index (χ3n) is 8.58. The molecule has 7 atom stereocenters. The molecule has 0 spiro atoms. The van der Waals surface area contributed by atoms with E-state index in [0.717, 1.165) is 5.56 Å². The highest BCUT2D eigenvalue weighted by Gasteiger charge is 2.43. The number of esters is 1. The van der Waals surface area contributed by atoms with Gasteiger partial charge in [-0.15, -0.1) is 0 Å². The van der Waals surface area contributed by atoms with Crippen LogP contribution >= 0.6 is 0 Å². The zero-order valence-electron chi connectivity index (χ0n) is 27.9. The van der Waals surface area contributed by atoms with Crippen molar-refractivity contribution in [3.8, 4) is 0 Å². The predicted octanol–water partition coefficient (Wildman–Crippen LogP) is 2.91. The summed E-state index contributed by atoms with van der Waals surface area (Å²) in [6.45, 7) is 18.6. The number of hydrogen-bond donors (Lipinski definition) is 4. The maximum absolute atomic E-state index is 13.9. The molecule has 44 heavy (non-hydrogen) atoms. The molecule has 0 radical (unpaired) electrons. The molecule has 1 aromatic rings. The Morgan fingerprint density at radius 2 is 1.50 bits per heavy atom. The standard InChI is InChI=1S/C32H53N3O8Si/c1-19(2)25-29(38)35-26(22(5)43-44(9,10)32(6,7)8)30(39)33-24(18-41-17-23-14-12-11-13-15-23)31(40)42-16-20(3)27(36)21(4)28(37)34-25/h11-15,19-22,24-27,36H,16-18H2,1-10H3,(H,33,39)(H,34,37)(H,35,38)/t20-,21+,22+,24-,25-,26-,27+/m0/s1. The second kappa shape index (κ2) is 16.0. The van der Waals surface area contributed by atoms with Gasteiger partial charge in [0.2, 0.25) is 17.7 Å². The van der Waals surface area contributed by atoms with Gasteiger partial charge in [0.15, 0.2) is 14.4 Å². The second-order valence-electron chi connectivity index (χ2n) is 13.7. The Labute approximate surface area is 263 Å². The van der Waals surface area contributed by atoms with Crippen LogP contribution in [0, 0.1) is 17.8 Å². The molecule has 0 aliphatic carbocycles. The number of carbonyl (C=O) groups is 4. The van der Waals surface area contributed by atoms with Crippen molar-refractivity contribution in [3.05, 3.63) is 35.9 Å². The summed E-state index contributed by atoms with van der Waals surface area (Å²) in [6.07, 6.45) is -1.93. The predicted molar refractivity (Wildman–Crippen MR) is 170 cm³/mol. The third-order valence-corrected chi connectivity index (χ3v) is 13.2. The fraction of sp³-hybridized carbons (Fsp3) is 0.688. The summed E-state index contributed by atoms with van der Waals surface area (Å²) < 4.78 is 17.8. The topological polar surface area (TPSA) is 152 Å². The van der Waals surface area contributed by atoms with Gasteiger partial charge >= 0.3 is 5.97 Å². The van der Waals surface area contributed by atoms with E-state index >= 15 is 0 Å². The zero-order chi connectivity index (χ0) is 33.4. The summed E-state index contributed by atoms with van der Waals surface area (Å²) in [5.74, 6) is -4.37. The molecule has 0 aromatic heterocycles. The minimum Gasteiger partial charge on any atom is -0.464 e. The number of hydrogen-bond acceptors (Lipinski definition) is 8. The molecule has 1 aliphatic heterocycles. The van der Waals surface area contributed by atoms with Crippen molar-refractivity contribution in [2.24, 2.45) is 17.8 Å². The first-order valence-corrected chi connectivity index (χ1v) is 18.3. The minimum atomic E-state index is -2.40. The average molecular weight is 636 g/mol. The molecular weight excluding hydrogens is 582 g/mol. The summed E-state index contributed by atoms with van der Waals surface area (Å²) >= 11 is 0. The second-order valence-corrected chi connectivity index (χ2v) is 18.5. The number of carbonyl (C=O) groups excluding carboxylic acids is 4. The number of amides is 3. The van der Waals surface area contributed by atoms with E-state index in [1.165, 1.54) is 0 Å². The van der Waals surface area contributed by atoms with Crippen LogP contribution in [0.2, 0.25) is 18.1 Å². The molecule has 0 bridgehead atoms. The van der Waals surface area contributed by atoms with Gasteiger partial charge in [0.25, 0.3) is 0 Å². The number of aliphatic hydroxyl groups is 1. The molecule has 1 aliphatic rings. The lowest BCUT2D eigenvalue weighted by Crippen LogP contribution is -2.62. The number of ether oxygens (including phenoxy) is 2. The van der Waals surface area contributed by atoms with Crippen LogP contribution in [0.25, 0.3) is 0 Å². The average Bonchev–Trinajstić information content (AvgIpc) is 2.94. The monoisotopic (exact) mass is 635 g/mol. The number of cyclic esters (lactones) is 1. The van der Waals surface area contributed by atoms with E-state index in [1.807, 2.05) is 43.4 Å². The highest BCUT2D eigenvalue weighted by atomic mass is 28.4. The van der Waals surface area contributed by atoms with Gasteiger partial charge in [-0.25, -0.2) is 4.79 Å². The van der Waals surface area contributed by atoms with Crippen molar-refractivity contribution in [2.45, 2.75) is 110 Å². The van der Waals surface area contributed by atoms with Crippen LogP contribution in [0.3, 0.4) is 0 Å². The smallest absolute Gasteiger partial charge is 0.331 e. The number of rotatable bonds is 8. The summed E-state index contributed by atoms with van der Waals surface area (Å²) in [6, 6.07) is 5.97. The number of benzene rings is 1. The Kier molecular flexibility index (Phi) is 13.6. The molecule has 1 fully saturated rings. The van der Waals surface area contributed by atoms with Crippen molar-refractivity contribution in [1.82, 2.24) is 16.0 Å². The largest absolute Gasteiger partial charge is 0.464 e. The van der Waals surface area contributed by atoms with Gasteiger partial charge in [-0.05, 0) is 36.5 Å². The third kappa shape index (κ3) is 10.4. The molecule has 1 aromatic carbocycles. The van der Waals surface area contributed by atoms with Gasteiger partial charge in [0.05, 0.1) is 37.9 Å². The van der Waals surface area contributed by atoms with Crippen molar-refractivity contribution in [2.75, 3.05) is 13.2 Å². The van der Waals surface area contributed by atoms with Gasteiger partial charge < -0.3 is 35.0 Å². The normalized spacial score (nSPS) is 27.4. The van der Waals surface area contributed by atoms with Gasteiger partial charge in [-0.2, -0.15) is 0 Å². The van der Waals surface area contributed by atoms with E-state index in [9.17, 15) is 24.3 Å². The van der Waals surface area contributed by atoms with E-state index in [1.54, 1.807) is 34.6 Å². The van der Waals surface area contributed by atoms with Gasteiger partial charge in [-0.1, -0.05) is 78.8 Å². The summed E-state index contributed by atoms with van der Waals surface area (Å²) in [5.41, 5.74) is 0.883. The van der Waals surface area contributed by atoms with Crippen LogP contribution in [0.5, 0.6) is 0 Å². The number of nitrogens with one attached hydrogen (secondary N) is 3. The Morgan fingerprint density at radius 1 is 0.932 bits per heavy atom. The lowest BCUT2D eigenvalue weighted by atomic mass is 9.92.